The number of sulfone groups is 2. The van der Waals surface area contributed by atoms with Gasteiger partial charge in [0.05, 0.1) is 15.5 Å². The second-order valence-electron chi connectivity index (χ2n) is 5.38. The Hall–Kier alpha value is -0.790. The zero-order chi connectivity index (χ0) is 16.5. The third kappa shape index (κ3) is 4.59. The number of alkyl halides is 1. The molecule has 0 aromatic heterocycles. The number of halogens is 1. The second-order valence-corrected chi connectivity index (χ2v) is 9.64. The molecule has 0 radical (unpaired) electrons. The van der Waals surface area contributed by atoms with Gasteiger partial charge in [-0.3, -0.25) is 0 Å². The van der Waals surface area contributed by atoms with E-state index in [0.717, 1.165) is 12.5 Å². The van der Waals surface area contributed by atoms with E-state index in [9.17, 15) is 16.8 Å². The Kier molecular flexibility index (Phi) is 5.34. The number of rotatable bonds is 6. The third-order valence-electron chi connectivity index (χ3n) is 3.29. The summed E-state index contributed by atoms with van der Waals surface area (Å²) < 4.78 is 47.0. The van der Waals surface area contributed by atoms with Crippen LogP contribution in [0.25, 0.3) is 0 Å². The Balaban J connectivity index is 3.48. The van der Waals surface area contributed by atoms with Gasteiger partial charge >= 0.3 is 0 Å². The molecule has 1 atom stereocenters. The van der Waals surface area contributed by atoms with Crippen LogP contribution in [0, 0.1) is 0 Å². The molecule has 0 spiro atoms. The summed E-state index contributed by atoms with van der Waals surface area (Å²) in [6.45, 7) is 3.80. The van der Waals surface area contributed by atoms with Crippen molar-refractivity contribution in [2.75, 3.05) is 23.7 Å². The van der Waals surface area contributed by atoms with Crippen LogP contribution in [0.5, 0.6) is 0 Å². The zero-order valence-corrected chi connectivity index (χ0v) is 14.9. The Morgan fingerprint density at radius 2 is 1.71 bits per heavy atom. The molecule has 0 saturated carbocycles. The molecule has 0 bridgehead atoms. The fourth-order valence-corrected chi connectivity index (χ4v) is 3.52. The Morgan fingerprint density at radius 3 is 2.10 bits per heavy atom. The van der Waals surface area contributed by atoms with Gasteiger partial charge in [0.2, 0.25) is 0 Å². The van der Waals surface area contributed by atoms with Crippen molar-refractivity contribution >= 4 is 37.0 Å². The van der Waals surface area contributed by atoms with Crippen molar-refractivity contribution < 1.29 is 16.8 Å². The lowest BCUT2D eigenvalue weighted by Crippen LogP contribution is -2.36. The topological polar surface area (TPSA) is 80.3 Å². The zero-order valence-electron chi connectivity index (χ0n) is 12.5. The molecule has 0 saturated heterocycles. The smallest absolute Gasteiger partial charge is 0.177 e. The highest BCUT2D eigenvalue weighted by Crippen LogP contribution is 2.29. The van der Waals surface area contributed by atoms with Gasteiger partial charge in [-0.1, -0.05) is 6.92 Å². The maximum absolute atomic E-state index is 11.9. The van der Waals surface area contributed by atoms with E-state index in [1.165, 1.54) is 18.2 Å². The van der Waals surface area contributed by atoms with Gasteiger partial charge in [0.15, 0.2) is 19.7 Å². The first kappa shape index (κ1) is 18.3. The Morgan fingerprint density at radius 1 is 1.14 bits per heavy atom. The summed E-state index contributed by atoms with van der Waals surface area (Å²) in [5, 5.41) is 3.10. The molecule has 0 fully saturated rings. The Labute approximate surface area is 131 Å². The summed E-state index contributed by atoms with van der Waals surface area (Å²) in [5.41, 5.74) is -0.122. The molecule has 1 unspecified atom stereocenters. The molecule has 0 aliphatic heterocycles. The number of hydrogen-bond acceptors (Lipinski definition) is 5. The molecule has 1 N–H and O–H groups in total. The van der Waals surface area contributed by atoms with Crippen LogP contribution in [0.15, 0.2) is 28.0 Å². The molecule has 1 rings (SSSR count). The van der Waals surface area contributed by atoms with Gasteiger partial charge in [-0.2, -0.15) is 0 Å². The van der Waals surface area contributed by atoms with Crippen molar-refractivity contribution in [3.63, 3.8) is 0 Å². The van der Waals surface area contributed by atoms with Gasteiger partial charge in [0.25, 0.3) is 0 Å². The lowest BCUT2D eigenvalue weighted by atomic mass is 10.0. The molecule has 0 amide bonds. The van der Waals surface area contributed by atoms with Crippen molar-refractivity contribution in [2.24, 2.45) is 0 Å². The van der Waals surface area contributed by atoms with E-state index in [1.807, 2.05) is 13.8 Å². The number of benzene rings is 1. The minimum atomic E-state index is -3.58. The normalized spacial score (nSPS) is 15.5. The maximum atomic E-state index is 11.9. The van der Waals surface area contributed by atoms with E-state index in [0.29, 0.717) is 18.0 Å². The molecule has 1 aromatic carbocycles. The number of hydrogen-bond donors (Lipinski definition) is 1. The number of anilines is 1. The predicted octanol–water partition coefficient (Wildman–Crippen LogP) is 2.31. The summed E-state index contributed by atoms with van der Waals surface area (Å²) in [6.07, 6.45) is 2.77. The van der Waals surface area contributed by atoms with Crippen LogP contribution < -0.4 is 5.32 Å². The summed E-state index contributed by atoms with van der Waals surface area (Å²) in [4.78, 5) is -0.0761. The quantitative estimate of drug-likeness (QED) is 0.794. The minimum Gasteiger partial charge on any atom is -0.378 e. The Bertz CT molecular complexity index is 723. The van der Waals surface area contributed by atoms with Crippen LogP contribution in [-0.2, 0) is 19.7 Å². The summed E-state index contributed by atoms with van der Waals surface area (Å²) in [7, 11) is -7.05. The maximum Gasteiger partial charge on any atom is 0.177 e. The molecule has 120 valence electrons. The van der Waals surface area contributed by atoms with Crippen molar-refractivity contribution in [1.82, 2.24) is 0 Å². The van der Waals surface area contributed by atoms with E-state index in [2.05, 4.69) is 5.32 Å². The highest BCUT2D eigenvalue weighted by atomic mass is 35.5. The molecule has 0 aliphatic rings. The molecule has 1 aromatic rings. The highest BCUT2D eigenvalue weighted by Gasteiger charge is 2.25. The van der Waals surface area contributed by atoms with Gasteiger partial charge in [-0.05, 0) is 31.5 Å². The predicted molar refractivity (Wildman–Crippen MR) is 85.7 cm³/mol. The first-order chi connectivity index (χ1) is 9.43. The summed E-state index contributed by atoms with van der Waals surface area (Å²) in [6, 6.07) is 4.03. The summed E-state index contributed by atoms with van der Waals surface area (Å²) in [5.74, 6) is 0.292. The summed E-state index contributed by atoms with van der Waals surface area (Å²) >= 11 is 5.92. The van der Waals surface area contributed by atoms with Gasteiger partial charge in [-0.25, -0.2) is 16.8 Å². The van der Waals surface area contributed by atoms with Crippen LogP contribution >= 0.6 is 11.6 Å². The van der Waals surface area contributed by atoms with Crippen molar-refractivity contribution in [3.8, 4) is 0 Å². The van der Waals surface area contributed by atoms with E-state index in [4.69, 9.17) is 11.6 Å². The molecule has 21 heavy (non-hydrogen) atoms. The lowest BCUT2D eigenvalue weighted by Gasteiger charge is -2.29. The van der Waals surface area contributed by atoms with Crippen LogP contribution in [0.1, 0.15) is 20.3 Å². The third-order valence-corrected chi connectivity index (χ3v) is 6.13. The molecule has 0 aliphatic carbocycles. The first-order valence-electron chi connectivity index (χ1n) is 6.31. The molecule has 5 nitrogen and oxygen atoms in total. The van der Waals surface area contributed by atoms with Gasteiger partial charge in [0.1, 0.15) is 0 Å². The largest absolute Gasteiger partial charge is 0.378 e. The van der Waals surface area contributed by atoms with E-state index in [1.54, 1.807) is 0 Å². The van der Waals surface area contributed by atoms with E-state index in [-0.39, 0.29) is 9.79 Å². The second kappa shape index (κ2) is 6.14. The van der Waals surface area contributed by atoms with E-state index < -0.39 is 25.2 Å². The monoisotopic (exact) mass is 353 g/mol. The van der Waals surface area contributed by atoms with Gasteiger partial charge in [-0.15, -0.1) is 11.6 Å². The van der Waals surface area contributed by atoms with Gasteiger partial charge in [0, 0.05) is 23.9 Å². The fraction of sp³-hybridized carbons (Fsp3) is 0.538. The van der Waals surface area contributed by atoms with Crippen LogP contribution in [0.3, 0.4) is 0 Å². The lowest BCUT2D eigenvalue weighted by molar-refractivity contribution is 0.551. The standard InChI is InChI=1S/C13H20ClNO4S2/c1-5-13(2,9-14)15-11-7-6-10(20(3,16)17)8-12(11)21(4,18)19/h6-8,15H,5,9H2,1-4H3. The molecular formula is C13H20ClNO4S2. The SMILES string of the molecule is CCC(C)(CCl)Nc1ccc(S(C)(=O)=O)cc1S(C)(=O)=O. The minimum absolute atomic E-state index is 0.0300. The molecular weight excluding hydrogens is 334 g/mol. The molecule has 8 heteroatoms. The molecule has 0 heterocycles. The van der Waals surface area contributed by atoms with Crippen LogP contribution in [0.2, 0.25) is 0 Å². The fourth-order valence-electron chi connectivity index (χ4n) is 1.68. The van der Waals surface area contributed by atoms with Crippen molar-refractivity contribution in [2.45, 2.75) is 35.6 Å². The van der Waals surface area contributed by atoms with Crippen molar-refractivity contribution in [3.05, 3.63) is 18.2 Å². The van der Waals surface area contributed by atoms with Crippen molar-refractivity contribution in [1.29, 1.82) is 0 Å². The number of nitrogens with one attached hydrogen (secondary N) is 1. The highest BCUT2D eigenvalue weighted by molar-refractivity contribution is 7.91. The van der Waals surface area contributed by atoms with Gasteiger partial charge < -0.3 is 5.32 Å². The first-order valence-corrected chi connectivity index (χ1v) is 10.6. The average molecular weight is 354 g/mol. The average Bonchev–Trinajstić information content (AvgIpc) is 2.36. The van der Waals surface area contributed by atoms with Crippen LogP contribution in [0.4, 0.5) is 5.69 Å². The van der Waals surface area contributed by atoms with E-state index >= 15 is 0 Å². The van der Waals surface area contributed by atoms with Crippen LogP contribution in [-0.4, -0.2) is 40.8 Å².